The van der Waals surface area contributed by atoms with Gasteiger partial charge in [-0.2, -0.15) is 9.78 Å². The highest BCUT2D eigenvalue weighted by Gasteiger charge is 2.15. The predicted molar refractivity (Wildman–Crippen MR) is 116 cm³/mol. The van der Waals surface area contributed by atoms with E-state index in [-0.39, 0.29) is 5.56 Å². The molecule has 0 spiro atoms. The van der Waals surface area contributed by atoms with Gasteiger partial charge < -0.3 is 0 Å². The Kier molecular flexibility index (Phi) is 5.01. The molecule has 3 aromatic carbocycles. The lowest BCUT2D eigenvalue weighted by atomic mass is 10.2. The van der Waals surface area contributed by atoms with Gasteiger partial charge in [0.2, 0.25) is 0 Å². The molecule has 0 aliphatic heterocycles. The maximum absolute atomic E-state index is 13.2. The van der Waals surface area contributed by atoms with E-state index in [4.69, 9.17) is 4.98 Å². The monoisotopic (exact) mass is 481 g/mol. The predicted octanol–water partition coefficient (Wildman–Crippen LogP) is 5.47. The van der Waals surface area contributed by atoms with Crippen molar-refractivity contribution in [1.82, 2.24) is 9.66 Å². The maximum atomic E-state index is 13.2. The van der Waals surface area contributed by atoms with Crippen LogP contribution < -0.4 is 5.56 Å². The Bertz CT molecular complexity index is 1200. The van der Waals surface area contributed by atoms with Crippen molar-refractivity contribution in [3.05, 3.63) is 97.7 Å². The van der Waals surface area contributed by atoms with Crippen LogP contribution in [-0.4, -0.2) is 15.9 Å². The first kappa shape index (κ1) is 17.8. The summed E-state index contributed by atoms with van der Waals surface area (Å²) in [5, 5.41) is 4.94. The molecule has 0 bridgehead atoms. The zero-order chi connectivity index (χ0) is 18.8. The van der Waals surface area contributed by atoms with Crippen LogP contribution in [0.1, 0.15) is 5.56 Å². The standard InChI is InChI=1S/C21H13Br2N3O/c22-16-11-17-19(18(23)12-16)25-20(15-9-5-2-6-10-15)26(21(17)27)24-13-14-7-3-1-4-8-14/h1-13H/b24-13+. The van der Waals surface area contributed by atoms with Gasteiger partial charge in [0.05, 0.1) is 17.1 Å². The van der Waals surface area contributed by atoms with Crippen LogP contribution in [0.25, 0.3) is 22.3 Å². The van der Waals surface area contributed by atoms with Crippen LogP contribution in [0.3, 0.4) is 0 Å². The lowest BCUT2D eigenvalue weighted by Gasteiger charge is -2.10. The number of fused-ring (bicyclic) bond motifs is 1. The van der Waals surface area contributed by atoms with E-state index in [1.807, 2.05) is 66.7 Å². The van der Waals surface area contributed by atoms with Gasteiger partial charge in [-0.05, 0) is 33.6 Å². The van der Waals surface area contributed by atoms with Gasteiger partial charge in [0, 0.05) is 14.5 Å². The molecule has 4 aromatic rings. The third kappa shape index (κ3) is 3.63. The Morgan fingerprint density at radius 3 is 2.30 bits per heavy atom. The Hall–Kier alpha value is -2.57. The Balaban J connectivity index is 2.01. The van der Waals surface area contributed by atoms with Crippen LogP contribution in [0.15, 0.2) is 91.6 Å². The molecule has 4 nitrogen and oxygen atoms in total. The molecular formula is C21H13Br2N3O. The Morgan fingerprint density at radius 1 is 0.926 bits per heavy atom. The molecule has 4 rings (SSSR count). The molecule has 0 fully saturated rings. The van der Waals surface area contributed by atoms with E-state index in [9.17, 15) is 4.79 Å². The third-order valence-corrected chi connectivity index (χ3v) is 5.09. The SMILES string of the molecule is O=c1c2cc(Br)cc(Br)c2nc(-c2ccccc2)n1/N=C/c1ccccc1. The molecule has 0 saturated heterocycles. The summed E-state index contributed by atoms with van der Waals surface area (Å²) in [6.07, 6.45) is 1.66. The van der Waals surface area contributed by atoms with Gasteiger partial charge in [-0.1, -0.05) is 76.6 Å². The summed E-state index contributed by atoms with van der Waals surface area (Å²) in [6.45, 7) is 0. The summed E-state index contributed by atoms with van der Waals surface area (Å²) in [5.41, 5.74) is 2.09. The van der Waals surface area contributed by atoms with Gasteiger partial charge >= 0.3 is 0 Å². The van der Waals surface area contributed by atoms with Crippen molar-refractivity contribution < 1.29 is 0 Å². The van der Waals surface area contributed by atoms with Crippen LogP contribution in [0.4, 0.5) is 0 Å². The highest BCUT2D eigenvalue weighted by Crippen LogP contribution is 2.27. The Labute approximate surface area is 172 Å². The maximum Gasteiger partial charge on any atom is 0.282 e. The highest BCUT2D eigenvalue weighted by atomic mass is 79.9. The number of aromatic nitrogens is 2. The summed E-state index contributed by atoms with van der Waals surface area (Å²) in [6, 6.07) is 22.9. The summed E-state index contributed by atoms with van der Waals surface area (Å²) in [4.78, 5) is 18.0. The first-order chi connectivity index (χ1) is 13.1. The fourth-order valence-corrected chi connectivity index (χ4v) is 4.06. The smallest absolute Gasteiger partial charge is 0.267 e. The van der Waals surface area contributed by atoms with Crippen LogP contribution >= 0.6 is 31.9 Å². The normalized spacial score (nSPS) is 11.3. The number of nitrogens with zero attached hydrogens (tertiary/aromatic N) is 3. The van der Waals surface area contributed by atoms with Crippen LogP contribution in [0, 0.1) is 0 Å². The van der Waals surface area contributed by atoms with E-state index in [0.717, 1.165) is 20.1 Å². The minimum absolute atomic E-state index is 0.229. The van der Waals surface area contributed by atoms with Crippen molar-refractivity contribution in [2.75, 3.05) is 0 Å². The van der Waals surface area contributed by atoms with Crippen molar-refractivity contribution in [2.24, 2.45) is 5.10 Å². The number of rotatable bonds is 3. The van der Waals surface area contributed by atoms with Gasteiger partial charge in [0.1, 0.15) is 0 Å². The van der Waals surface area contributed by atoms with Crippen molar-refractivity contribution >= 4 is 49.0 Å². The van der Waals surface area contributed by atoms with Crippen LogP contribution in [0.5, 0.6) is 0 Å². The van der Waals surface area contributed by atoms with Gasteiger partial charge in [0.15, 0.2) is 5.82 Å². The molecule has 6 heteroatoms. The largest absolute Gasteiger partial charge is 0.282 e. The topological polar surface area (TPSA) is 47.2 Å². The number of benzene rings is 3. The molecule has 132 valence electrons. The molecular weight excluding hydrogens is 470 g/mol. The zero-order valence-corrected chi connectivity index (χ0v) is 17.2. The number of hydrogen-bond acceptors (Lipinski definition) is 3. The third-order valence-electron chi connectivity index (χ3n) is 4.02. The molecule has 1 aromatic heterocycles. The molecule has 0 unspecified atom stereocenters. The second-order valence-electron chi connectivity index (χ2n) is 5.86. The molecule has 0 saturated carbocycles. The first-order valence-electron chi connectivity index (χ1n) is 8.20. The average Bonchev–Trinajstić information content (AvgIpc) is 2.69. The summed E-state index contributed by atoms with van der Waals surface area (Å²) in [7, 11) is 0. The molecule has 1 heterocycles. The minimum Gasteiger partial charge on any atom is -0.267 e. The summed E-state index contributed by atoms with van der Waals surface area (Å²) in [5.74, 6) is 0.489. The van der Waals surface area contributed by atoms with Gasteiger partial charge in [-0.25, -0.2) is 4.98 Å². The second kappa shape index (κ2) is 7.58. The van der Waals surface area contributed by atoms with Crippen molar-refractivity contribution in [2.45, 2.75) is 0 Å². The first-order valence-corrected chi connectivity index (χ1v) is 9.79. The molecule has 0 N–H and O–H groups in total. The minimum atomic E-state index is -0.229. The van der Waals surface area contributed by atoms with Gasteiger partial charge in [-0.15, -0.1) is 0 Å². The van der Waals surface area contributed by atoms with E-state index < -0.39 is 0 Å². The van der Waals surface area contributed by atoms with Crippen molar-refractivity contribution in [1.29, 1.82) is 0 Å². The fraction of sp³-hybridized carbons (Fsp3) is 0. The molecule has 0 atom stereocenters. The van der Waals surface area contributed by atoms with E-state index in [1.54, 1.807) is 12.3 Å². The fourth-order valence-electron chi connectivity index (χ4n) is 2.75. The zero-order valence-electron chi connectivity index (χ0n) is 14.0. The van der Waals surface area contributed by atoms with E-state index in [1.165, 1.54) is 4.68 Å². The number of halogens is 2. The van der Waals surface area contributed by atoms with Crippen molar-refractivity contribution in [3.8, 4) is 11.4 Å². The van der Waals surface area contributed by atoms with Crippen LogP contribution in [0.2, 0.25) is 0 Å². The average molecular weight is 483 g/mol. The lowest BCUT2D eigenvalue weighted by Crippen LogP contribution is -2.20. The van der Waals surface area contributed by atoms with Gasteiger partial charge in [0.25, 0.3) is 5.56 Å². The van der Waals surface area contributed by atoms with E-state index in [2.05, 4.69) is 37.0 Å². The Morgan fingerprint density at radius 2 is 1.59 bits per heavy atom. The number of hydrogen-bond donors (Lipinski definition) is 0. The molecule has 0 aliphatic carbocycles. The quantitative estimate of drug-likeness (QED) is 0.363. The molecule has 0 radical (unpaired) electrons. The van der Waals surface area contributed by atoms with E-state index >= 15 is 0 Å². The molecule has 0 amide bonds. The van der Waals surface area contributed by atoms with Gasteiger partial charge in [-0.3, -0.25) is 4.79 Å². The molecule has 27 heavy (non-hydrogen) atoms. The lowest BCUT2D eigenvalue weighted by molar-refractivity contribution is 0.829. The van der Waals surface area contributed by atoms with Crippen molar-refractivity contribution in [3.63, 3.8) is 0 Å². The highest BCUT2D eigenvalue weighted by molar-refractivity contribution is 9.11. The second-order valence-corrected chi connectivity index (χ2v) is 7.63. The summed E-state index contributed by atoms with van der Waals surface area (Å²) < 4.78 is 2.90. The summed E-state index contributed by atoms with van der Waals surface area (Å²) >= 11 is 6.95. The van der Waals surface area contributed by atoms with Crippen LogP contribution in [-0.2, 0) is 0 Å². The molecule has 0 aliphatic rings. The van der Waals surface area contributed by atoms with E-state index in [0.29, 0.717) is 16.7 Å².